The molecule has 0 saturated heterocycles. The predicted octanol–water partition coefficient (Wildman–Crippen LogP) is 11.3. The van der Waals surface area contributed by atoms with Crippen LogP contribution in [0.15, 0.2) is 97.2 Å². The molecule has 3 nitrogen and oxygen atoms in total. The average Bonchev–Trinajstić information content (AvgIpc) is 3.03. The number of rotatable bonds is 9. The van der Waals surface area contributed by atoms with Crippen molar-refractivity contribution in [2.24, 2.45) is 0 Å². The fourth-order valence-electron chi connectivity index (χ4n) is 5.62. The second-order valence-electron chi connectivity index (χ2n) is 14.0. The molecule has 0 fully saturated rings. The molecule has 5 rings (SSSR count). The van der Waals surface area contributed by atoms with Gasteiger partial charge in [0.05, 0.1) is 17.1 Å². The molecule has 3 aromatic carbocycles. The first-order valence-corrected chi connectivity index (χ1v) is 16.2. The van der Waals surface area contributed by atoms with Crippen LogP contribution in [-0.4, -0.2) is 15.0 Å². The molecule has 0 atom stereocenters. The maximum Gasteiger partial charge on any atom is 0.161 e. The van der Waals surface area contributed by atoms with Crippen molar-refractivity contribution < 1.29 is 0 Å². The molecule has 0 bridgehead atoms. The van der Waals surface area contributed by atoms with Crippen LogP contribution >= 0.6 is 0 Å². The number of pyridine rings is 1. The number of nitrogens with zero attached hydrogens (tertiary/aromatic N) is 3. The van der Waals surface area contributed by atoms with Gasteiger partial charge in [-0.3, -0.25) is 4.98 Å². The first kappa shape index (κ1) is 31.3. The van der Waals surface area contributed by atoms with E-state index in [1.807, 2.05) is 24.4 Å². The quantitative estimate of drug-likeness (QED) is 0.163. The zero-order chi connectivity index (χ0) is 31.3. The molecule has 2 aromatic heterocycles. The summed E-state index contributed by atoms with van der Waals surface area (Å²) in [6.45, 7) is 15.8. The molecule has 0 aliphatic heterocycles. The molecular weight excluding hydrogens is 534 g/mol. The smallest absolute Gasteiger partial charge is 0.161 e. The number of hydrogen-bond donors (Lipinski definition) is 0. The Kier molecular flexibility index (Phi) is 9.44. The van der Waals surface area contributed by atoms with Gasteiger partial charge < -0.3 is 0 Å². The average molecular weight is 582 g/mol. The Labute approximate surface area is 264 Å². The molecule has 0 amide bonds. The number of benzene rings is 3. The lowest BCUT2D eigenvalue weighted by atomic mass is 9.85. The van der Waals surface area contributed by atoms with Crippen LogP contribution < -0.4 is 0 Å². The summed E-state index contributed by atoms with van der Waals surface area (Å²) in [5.41, 5.74) is 11.3. The third-order valence-corrected chi connectivity index (χ3v) is 8.43. The van der Waals surface area contributed by atoms with Gasteiger partial charge in [-0.05, 0) is 46.9 Å². The maximum atomic E-state index is 5.30. The fraction of sp³-hybridized carbons (Fsp3) is 0.341. The lowest BCUT2D eigenvalue weighted by molar-refractivity contribution is 0.590. The summed E-state index contributed by atoms with van der Waals surface area (Å²) in [4.78, 5) is 15.4. The lowest BCUT2D eigenvalue weighted by Gasteiger charge is -2.21. The molecule has 0 radical (unpaired) electrons. The molecule has 226 valence electrons. The monoisotopic (exact) mass is 581 g/mol. The molecule has 0 saturated carbocycles. The van der Waals surface area contributed by atoms with Gasteiger partial charge in [0, 0.05) is 34.0 Å². The number of unbranched alkanes of at least 4 members (excludes halogenated alkanes) is 3. The molecule has 0 N–H and O–H groups in total. The van der Waals surface area contributed by atoms with Crippen molar-refractivity contribution >= 4 is 0 Å². The Morgan fingerprint density at radius 1 is 0.523 bits per heavy atom. The van der Waals surface area contributed by atoms with Gasteiger partial charge in [0.25, 0.3) is 0 Å². The summed E-state index contributed by atoms with van der Waals surface area (Å²) < 4.78 is 0. The van der Waals surface area contributed by atoms with E-state index in [4.69, 9.17) is 15.0 Å². The summed E-state index contributed by atoms with van der Waals surface area (Å²) in [5, 5.41) is 0. The van der Waals surface area contributed by atoms with Gasteiger partial charge in [0.1, 0.15) is 0 Å². The molecule has 44 heavy (non-hydrogen) atoms. The van der Waals surface area contributed by atoms with Crippen LogP contribution in [0.1, 0.15) is 90.8 Å². The zero-order valence-corrected chi connectivity index (χ0v) is 27.6. The van der Waals surface area contributed by atoms with Crippen molar-refractivity contribution in [3.8, 4) is 45.2 Å². The summed E-state index contributed by atoms with van der Waals surface area (Å²) >= 11 is 0. The Morgan fingerprint density at radius 2 is 1.05 bits per heavy atom. The van der Waals surface area contributed by atoms with Crippen LogP contribution in [0, 0.1) is 0 Å². The maximum absolute atomic E-state index is 5.30. The standard InChI is InChI=1S/C41H47N3/c1-8-9-10-14-17-35-37(30-18-23-33(24-19-30)40(2,3)4)43-39(32-22-27-36(42-28-32)29-15-12-11-13-16-29)44-38(35)31-20-25-34(26-21-31)41(5,6)7/h11-13,15-16,18-28H,8-10,14,17H2,1-7H3. The van der Waals surface area contributed by atoms with Gasteiger partial charge in [-0.15, -0.1) is 0 Å². The highest BCUT2D eigenvalue weighted by Crippen LogP contribution is 2.36. The molecule has 0 aliphatic carbocycles. The second kappa shape index (κ2) is 13.3. The van der Waals surface area contributed by atoms with E-state index >= 15 is 0 Å². The topological polar surface area (TPSA) is 38.7 Å². The SMILES string of the molecule is CCCCCCc1c(-c2ccc(C(C)(C)C)cc2)nc(-c2ccc(-c3ccccc3)nc2)nc1-c1ccc(C(C)(C)C)cc1. The van der Waals surface area contributed by atoms with Crippen molar-refractivity contribution in [1.29, 1.82) is 0 Å². The van der Waals surface area contributed by atoms with Gasteiger partial charge >= 0.3 is 0 Å². The Balaban J connectivity index is 1.68. The molecule has 3 heteroatoms. The third kappa shape index (κ3) is 7.33. The van der Waals surface area contributed by atoms with Crippen LogP contribution in [0.25, 0.3) is 45.2 Å². The molecular formula is C41H47N3. The summed E-state index contributed by atoms with van der Waals surface area (Å²) in [5.74, 6) is 0.708. The van der Waals surface area contributed by atoms with Crippen LogP contribution in [0.2, 0.25) is 0 Å². The predicted molar refractivity (Wildman–Crippen MR) is 187 cm³/mol. The minimum atomic E-state index is 0.0878. The molecule has 0 spiro atoms. The van der Waals surface area contributed by atoms with Gasteiger partial charge in [0.15, 0.2) is 5.82 Å². The van der Waals surface area contributed by atoms with E-state index in [-0.39, 0.29) is 10.8 Å². The molecule has 0 unspecified atom stereocenters. The van der Waals surface area contributed by atoms with Crippen LogP contribution in [-0.2, 0) is 17.3 Å². The van der Waals surface area contributed by atoms with E-state index in [0.717, 1.165) is 52.2 Å². The summed E-state index contributed by atoms with van der Waals surface area (Å²) in [6, 6.07) is 32.5. The Bertz CT molecular complexity index is 1570. The van der Waals surface area contributed by atoms with Crippen molar-refractivity contribution in [2.45, 2.75) is 91.4 Å². The van der Waals surface area contributed by atoms with Crippen molar-refractivity contribution in [3.63, 3.8) is 0 Å². The first-order chi connectivity index (χ1) is 21.0. The van der Waals surface area contributed by atoms with E-state index in [1.165, 1.54) is 36.0 Å². The summed E-state index contributed by atoms with van der Waals surface area (Å²) in [7, 11) is 0. The summed E-state index contributed by atoms with van der Waals surface area (Å²) in [6.07, 6.45) is 7.63. The van der Waals surface area contributed by atoms with E-state index in [1.54, 1.807) is 0 Å². The minimum Gasteiger partial charge on any atom is -0.255 e. The van der Waals surface area contributed by atoms with Crippen LogP contribution in [0.5, 0.6) is 0 Å². The largest absolute Gasteiger partial charge is 0.255 e. The van der Waals surface area contributed by atoms with Crippen LogP contribution in [0.3, 0.4) is 0 Å². The third-order valence-electron chi connectivity index (χ3n) is 8.43. The molecule has 2 heterocycles. The van der Waals surface area contributed by atoms with E-state index in [2.05, 4.69) is 121 Å². The lowest BCUT2D eigenvalue weighted by Crippen LogP contribution is -2.11. The zero-order valence-electron chi connectivity index (χ0n) is 27.6. The number of aromatic nitrogens is 3. The Morgan fingerprint density at radius 3 is 1.50 bits per heavy atom. The minimum absolute atomic E-state index is 0.0878. The van der Waals surface area contributed by atoms with E-state index in [0.29, 0.717) is 5.82 Å². The Hall–Kier alpha value is -4.11. The highest BCUT2D eigenvalue weighted by atomic mass is 14.9. The molecule has 0 aliphatic rings. The fourth-order valence-corrected chi connectivity index (χ4v) is 5.62. The normalized spacial score (nSPS) is 12.0. The van der Waals surface area contributed by atoms with Crippen molar-refractivity contribution in [1.82, 2.24) is 15.0 Å². The number of hydrogen-bond acceptors (Lipinski definition) is 3. The second-order valence-corrected chi connectivity index (χ2v) is 14.0. The first-order valence-electron chi connectivity index (χ1n) is 16.2. The van der Waals surface area contributed by atoms with Crippen LogP contribution in [0.4, 0.5) is 0 Å². The van der Waals surface area contributed by atoms with Crippen molar-refractivity contribution in [3.05, 3.63) is 114 Å². The van der Waals surface area contributed by atoms with Gasteiger partial charge in [-0.2, -0.15) is 0 Å². The molecule has 5 aromatic rings. The highest BCUT2D eigenvalue weighted by Gasteiger charge is 2.21. The van der Waals surface area contributed by atoms with Gasteiger partial charge in [-0.1, -0.05) is 147 Å². The van der Waals surface area contributed by atoms with Gasteiger partial charge in [0.2, 0.25) is 0 Å². The van der Waals surface area contributed by atoms with E-state index in [9.17, 15) is 0 Å². The highest BCUT2D eigenvalue weighted by molar-refractivity contribution is 5.77. The van der Waals surface area contributed by atoms with E-state index < -0.39 is 0 Å². The van der Waals surface area contributed by atoms with Gasteiger partial charge in [-0.25, -0.2) is 9.97 Å². The van der Waals surface area contributed by atoms with Crippen molar-refractivity contribution in [2.75, 3.05) is 0 Å².